The molecule has 4 saturated carbocycles. The lowest BCUT2D eigenvalue weighted by molar-refractivity contribution is -0.0556. The van der Waals surface area contributed by atoms with Crippen LogP contribution in [0.2, 0.25) is 0 Å². The molecule has 1 aromatic heterocycles. The van der Waals surface area contributed by atoms with E-state index in [1.165, 1.54) is 38.5 Å². The molecule has 1 heterocycles. The lowest BCUT2D eigenvalue weighted by Crippen LogP contribution is -2.47. The Morgan fingerprint density at radius 3 is 2.37 bits per heavy atom. The molecule has 1 aromatic rings. The molecule has 0 unspecified atom stereocenters. The second-order valence-corrected chi connectivity index (χ2v) is 7.23. The van der Waals surface area contributed by atoms with Crippen LogP contribution in [0.5, 0.6) is 0 Å². The molecule has 5 rings (SSSR count). The summed E-state index contributed by atoms with van der Waals surface area (Å²) in [5.74, 6) is 4.64. The van der Waals surface area contributed by atoms with Gasteiger partial charge in [0.1, 0.15) is 0 Å². The van der Waals surface area contributed by atoms with Crippen molar-refractivity contribution in [2.75, 3.05) is 7.05 Å². The second kappa shape index (κ2) is 4.30. The van der Waals surface area contributed by atoms with Gasteiger partial charge in [-0.1, -0.05) is 5.16 Å². The van der Waals surface area contributed by atoms with E-state index in [4.69, 9.17) is 4.52 Å². The average Bonchev–Trinajstić information content (AvgIpc) is 2.74. The van der Waals surface area contributed by atoms with Gasteiger partial charge in [0.15, 0.2) is 5.82 Å². The molecule has 0 saturated heterocycles. The van der Waals surface area contributed by atoms with E-state index in [2.05, 4.69) is 15.5 Å². The molecule has 0 atom stereocenters. The Labute approximate surface area is 114 Å². The summed E-state index contributed by atoms with van der Waals surface area (Å²) in [6, 6.07) is 0. The third-order valence-electron chi connectivity index (χ3n) is 5.54. The first-order valence-electron chi connectivity index (χ1n) is 7.71. The smallest absolute Gasteiger partial charge is 0.227 e. The van der Waals surface area contributed by atoms with E-state index in [-0.39, 0.29) is 0 Å². The van der Waals surface area contributed by atoms with Gasteiger partial charge in [0.05, 0.1) is 6.54 Å². The molecule has 19 heavy (non-hydrogen) atoms. The third-order valence-corrected chi connectivity index (χ3v) is 5.54. The van der Waals surface area contributed by atoms with Crippen molar-refractivity contribution in [3.8, 4) is 0 Å². The number of hydrogen-bond acceptors (Lipinski definition) is 4. The normalized spacial score (nSPS) is 39.9. The predicted molar refractivity (Wildman–Crippen MR) is 71.4 cm³/mol. The maximum absolute atomic E-state index is 5.46. The molecule has 1 N–H and O–H groups in total. The Hall–Kier alpha value is -0.900. The van der Waals surface area contributed by atoms with Gasteiger partial charge in [-0.15, -0.1) is 0 Å². The summed E-state index contributed by atoms with van der Waals surface area (Å²) in [5, 5.41) is 7.13. The summed E-state index contributed by atoms with van der Waals surface area (Å²) in [6.07, 6.45) is 9.72. The summed E-state index contributed by atoms with van der Waals surface area (Å²) in [7, 11) is 1.91. The van der Waals surface area contributed by atoms with Crippen LogP contribution < -0.4 is 5.32 Å². The largest absolute Gasteiger partial charge is 0.339 e. The number of hydrogen-bond donors (Lipinski definition) is 1. The van der Waals surface area contributed by atoms with Crippen LogP contribution in [0.3, 0.4) is 0 Å². The first kappa shape index (κ1) is 11.9. The van der Waals surface area contributed by atoms with Gasteiger partial charge in [-0.2, -0.15) is 4.98 Å². The maximum Gasteiger partial charge on any atom is 0.227 e. The van der Waals surface area contributed by atoms with Crippen LogP contribution in [-0.4, -0.2) is 17.2 Å². The van der Waals surface area contributed by atoms with Crippen LogP contribution in [0.4, 0.5) is 0 Å². The van der Waals surface area contributed by atoms with Gasteiger partial charge in [-0.25, -0.2) is 0 Å². The lowest BCUT2D eigenvalue weighted by Gasteiger charge is -2.56. The molecule has 4 aliphatic carbocycles. The van der Waals surface area contributed by atoms with Gasteiger partial charge in [-0.3, -0.25) is 0 Å². The van der Waals surface area contributed by atoms with E-state index in [1.54, 1.807) is 0 Å². The fourth-order valence-corrected chi connectivity index (χ4v) is 5.42. The number of rotatable bonds is 4. The van der Waals surface area contributed by atoms with Crippen molar-refractivity contribution >= 4 is 0 Å². The summed E-state index contributed by atoms with van der Waals surface area (Å²) in [4.78, 5) is 4.54. The van der Waals surface area contributed by atoms with Crippen LogP contribution in [0.15, 0.2) is 4.52 Å². The summed E-state index contributed by atoms with van der Waals surface area (Å²) >= 11 is 0. The van der Waals surface area contributed by atoms with Crippen LogP contribution in [0.1, 0.15) is 50.2 Å². The van der Waals surface area contributed by atoms with E-state index in [0.29, 0.717) is 12.0 Å². The van der Waals surface area contributed by atoms with Crippen molar-refractivity contribution in [2.45, 2.75) is 51.5 Å². The molecule has 4 nitrogen and oxygen atoms in total. The topological polar surface area (TPSA) is 51.0 Å². The Kier molecular flexibility index (Phi) is 2.69. The van der Waals surface area contributed by atoms with Crippen molar-refractivity contribution in [1.29, 1.82) is 0 Å². The maximum atomic E-state index is 5.46. The highest BCUT2D eigenvalue weighted by Crippen LogP contribution is 2.60. The molecule has 0 amide bonds. The Bertz CT molecular complexity index is 432. The molecule has 0 radical (unpaired) electrons. The number of aromatic nitrogens is 2. The Morgan fingerprint density at radius 2 is 1.79 bits per heavy atom. The number of nitrogens with one attached hydrogen (secondary N) is 1. The lowest BCUT2D eigenvalue weighted by atomic mass is 9.49. The van der Waals surface area contributed by atoms with Gasteiger partial charge in [0.2, 0.25) is 5.89 Å². The van der Waals surface area contributed by atoms with Gasteiger partial charge < -0.3 is 9.84 Å². The zero-order chi connectivity index (χ0) is 12.9. The predicted octanol–water partition coefficient (Wildman–Crippen LogP) is 2.55. The van der Waals surface area contributed by atoms with Crippen LogP contribution in [-0.2, 0) is 13.0 Å². The Balaban J connectivity index is 1.52. The van der Waals surface area contributed by atoms with Crippen molar-refractivity contribution in [2.24, 2.45) is 23.2 Å². The fourth-order valence-electron chi connectivity index (χ4n) is 5.42. The van der Waals surface area contributed by atoms with E-state index >= 15 is 0 Å². The standard InChI is InChI=1S/C15H23N3O/c1-16-9-13-17-14(19-18-13)8-15-5-10-2-11(6-15)4-12(3-10)7-15/h10-12,16H,2-9H2,1H3. The zero-order valence-corrected chi connectivity index (χ0v) is 11.7. The molecule has 0 spiro atoms. The van der Waals surface area contributed by atoms with Gasteiger partial charge in [0.25, 0.3) is 0 Å². The van der Waals surface area contributed by atoms with Crippen molar-refractivity contribution in [1.82, 2.24) is 15.5 Å². The minimum Gasteiger partial charge on any atom is -0.339 e. The highest BCUT2D eigenvalue weighted by atomic mass is 16.5. The van der Waals surface area contributed by atoms with Crippen molar-refractivity contribution < 1.29 is 4.52 Å². The van der Waals surface area contributed by atoms with E-state index in [1.807, 2.05) is 7.05 Å². The fraction of sp³-hybridized carbons (Fsp3) is 0.867. The van der Waals surface area contributed by atoms with Gasteiger partial charge in [-0.05, 0) is 68.7 Å². The Morgan fingerprint density at radius 1 is 1.16 bits per heavy atom. The molecular formula is C15H23N3O. The van der Waals surface area contributed by atoms with Crippen LogP contribution in [0.25, 0.3) is 0 Å². The molecule has 0 aromatic carbocycles. The molecule has 4 fully saturated rings. The van der Waals surface area contributed by atoms with E-state index in [0.717, 1.165) is 35.9 Å². The second-order valence-electron chi connectivity index (χ2n) is 7.23. The molecular weight excluding hydrogens is 238 g/mol. The SMILES string of the molecule is CNCc1noc(CC23CC4CC(CC(C4)C2)C3)n1. The molecule has 4 heteroatoms. The molecule has 0 aliphatic heterocycles. The highest BCUT2D eigenvalue weighted by molar-refractivity contribution is 5.04. The zero-order valence-electron chi connectivity index (χ0n) is 11.7. The van der Waals surface area contributed by atoms with Crippen molar-refractivity contribution in [3.63, 3.8) is 0 Å². The van der Waals surface area contributed by atoms with Crippen molar-refractivity contribution in [3.05, 3.63) is 11.7 Å². The van der Waals surface area contributed by atoms with Crippen LogP contribution >= 0.6 is 0 Å². The quantitative estimate of drug-likeness (QED) is 0.905. The summed E-state index contributed by atoms with van der Waals surface area (Å²) < 4.78 is 5.46. The van der Waals surface area contributed by atoms with Gasteiger partial charge >= 0.3 is 0 Å². The summed E-state index contributed by atoms with van der Waals surface area (Å²) in [6.45, 7) is 0.699. The third kappa shape index (κ3) is 2.10. The average molecular weight is 261 g/mol. The minimum atomic E-state index is 0.498. The van der Waals surface area contributed by atoms with E-state index in [9.17, 15) is 0 Å². The van der Waals surface area contributed by atoms with Gasteiger partial charge in [0, 0.05) is 6.42 Å². The minimum absolute atomic E-state index is 0.498. The monoisotopic (exact) mass is 261 g/mol. The number of nitrogens with zero attached hydrogens (tertiary/aromatic N) is 2. The highest BCUT2D eigenvalue weighted by Gasteiger charge is 2.51. The first-order valence-corrected chi connectivity index (χ1v) is 7.71. The van der Waals surface area contributed by atoms with Crippen LogP contribution in [0, 0.1) is 23.2 Å². The van der Waals surface area contributed by atoms with E-state index < -0.39 is 0 Å². The summed E-state index contributed by atoms with van der Waals surface area (Å²) in [5.41, 5.74) is 0.498. The first-order chi connectivity index (χ1) is 9.25. The molecule has 4 bridgehead atoms. The molecule has 104 valence electrons. The molecule has 4 aliphatic rings.